The first-order valence-electron chi connectivity index (χ1n) is 2.72. The average molecular weight is 214 g/mol. The number of hydrogen-bond acceptors (Lipinski definition) is 1. The summed E-state index contributed by atoms with van der Waals surface area (Å²) < 4.78 is 0. The lowest BCUT2D eigenvalue weighted by molar-refractivity contribution is -0.113. The Morgan fingerprint density at radius 2 is 2.11 bits per heavy atom. The highest BCUT2D eigenvalue weighted by Gasteiger charge is 2.18. The number of hydrogen-bond donors (Lipinski definition) is 0. The molecule has 54 valence electrons. The van der Waals surface area contributed by atoms with Crippen LogP contribution in [-0.2, 0) is 4.79 Å². The van der Waals surface area contributed by atoms with Gasteiger partial charge in [0, 0.05) is 11.8 Å². The lowest BCUT2D eigenvalue weighted by Crippen LogP contribution is -2.15. The largest absolute Gasteiger partial charge is 0.281 e. The lowest BCUT2D eigenvalue weighted by atomic mass is 9.93. The zero-order chi connectivity index (χ0) is 7.49. The summed E-state index contributed by atoms with van der Waals surface area (Å²) in [6, 6.07) is 0. The molecule has 0 N–H and O–H groups in total. The molecule has 0 amide bonds. The first-order chi connectivity index (χ1) is 3.98. The van der Waals surface area contributed by atoms with Gasteiger partial charge in [-0.3, -0.25) is 4.79 Å². The highest BCUT2D eigenvalue weighted by molar-refractivity contribution is 9.09. The molecule has 0 aliphatic heterocycles. The number of carbonyl (C=O) groups excluding carboxylic acids is 1. The van der Waals surface area contributed by atoms with Crippen molar-refractivity contribution in [3.05, 3.63) is 0 Å². The van der Waals surface area contributed by atoms with E-state index in [2.05, 4.69) is 15.9 Å². The Bertz CT molecular complexity index is 112. The molecule has 9 heavy (non-hydrogen) atoms. The van der Waals surface area contributed by atoms with Crippen LogP contribution in [0.3, 0.4) is 0 Å². The van der Waals surface area contributed by atoms with Gasteiger partial charge in [0.1, 0.15) is 0 Å². The van der Waals surface area contributed by atoms with E-state index in [0.717, 1.165) is 5.33 Å². The summed E-state index contributed by atoms with van der Waals surface area (Å²) in [5.74, 6) is 0. The predicted molar refractivity (Wildman–Crippen MR) is 43.1 cm³/mol. The van der Waals surface area contributed by atoms with E-state index in [4.69, 9.17) is 11.6 Å². The van der Waals surface area contributed by atoms with E-state index in [0.29, 0.717) is 6.42 Å². The van der Waals surface area contributed by atoms with Gasteiger partial charge in [-0.25, -0.2) is 0 Å². The van der Waals surface area contributed by atoms with E-state index in [9.17, 15) is 4.79 Å². The number of alkyl halides is 1. The molecule has 0 heterocycles. The number of rotatable bonds is 3. The summed E-state index contributed by atoms with van der Waals surface area (Å²) in [6.07, 6.45) is 0.430. The van der Waals surface area contributed by atoms with Gasteiger partial charge in [-0.05, 0) is 17.0 Å². The van der Waals surface area contributed by atoms with Crippen LogP contribution in [0.4, 0.5) is 0 Å². The molecule has 0 saturated heterocycles. The third-order valence-corrected chi connectivity index (χ3v) is 2.63. The second-order valence-corrected chi connectivity index (χ2v) is 3.81. The smallest absolute Gasteiger partial charge is 0.222 e. The van der Waals surface area contributed by atoms with E-state index in [1.807, 2.05) is 13.8 Å². The molecule has 0 aromatic heterocycles. The second-order valence-electron chi connectivity index (χ2n) is 2.83. The summed E-state index contributed by atoms with van der Waals surface area (Å²) in [4.78, 5) is 10.4. The van der Waals surface area contributed by atoms with E-state index < -0.39 is 0 Å². The molecule has 0 radical (unpaired) electrons. The zero-order valence-corrected chi connectivity index (χ0v) is 7.92. The molecule has 0 unspecified atom stereocenters. The first-order valence-corrected chi connectivity index (χ1v) is 4.22. The van der Waals surface area contributed by atoms with Gasteiger partial charge in [-0.1, -0.05) is 29.8 Å². The maximum atomic E-state index is 10.4. The van der Waals surface area contributed by atoms with Crippen LogP contribution in [0, 0.1) is 5.41 Å². The van der Waals surface area contributed by atoms with Gasteiger partial charge in [-0.2, -0.15) is 0 Å². The van der Waals surface area contributed by atoms with E-state index in [1.54, 1.807) is 0 Å². The molecule has 0 bridgehead atoms. The molecule has 0 aliphatic carbocycles. The lowest BCUT2D eigenvalue weighted by Gasteiger charge is -2.17. The van der Waals surface area contributed by atoms with Crippen LogP contribution in [0.1, 0.15) is 20.3 Å². The van der Waals surface area contributed by atoms with Gasteiger partial charge in [0.05, 0.1) is 0 Å². The van der Waals surface area contributed by atoms with Gasteiger partial charge in [0.25, 0.3) is 0 Å². The molecule has 1 nitrogen and oxygen atoms in total. The Hall–Kier alpha value is 0.440. The Morgan fingerprint density at radius 1 is 1.67 bits per heavy atom. The second kappa shape index (κ2) is 3.57. The van der Waals surface area contributed by atoms with Crippen molar-refractivity contribution in [2.75, 3.05) is 5.33 Å². The Labute approximate surface area is 68.9 Å². The standard InChI is InChI=1S/C6H10BrClO/c1-6(2,4-7)3-5(8)9/h3-4H2,1-2H3. The normalized spacial score (nSPS) is 11.6. The predicted octanol–water partition coefficient (Wildman–Crippen LogP) is 2.56. The van der Waals surface area contributed by atoms with Crippen LogP contribution in [0.2, 0.25) is 0 Å². The Morgan fingerprint density at radius 3 is 2.22 bits per heavy atom. The molecule has 0 saturated carbocycles. The van der Waals surface area contributed by atoms with Crippen molar-refractivity contribution in [1.29, 1.82) is 0 Å². The van der Waals surface area contributed by atoms with Crippen molar-refractivity contribution in [2.45, 2.75) is 20.3 Å². The summed E-state index contributed by atoms with van der Waals surface area (Å²) in [7, 11) is 0. The molecular formula is C6H10BrClO. The van der Waals surface area contributed by atoms with Crippen molar-refractivity contribution < 1.29 is 4.79 Å². The monoisotopic (exact) mass is 212 g/mol. The van der Waals surface area contributed by atoms with Crippen LogP contribution >= 0.6 is 27.5 Å². The van der Waals surface area contributed by atoms with Gasteiger partial charge < -0.3 is 0 Å². The molecule has 0 atom stereocenters. The molecule has 3 heteroatoms. The summed E-state index contributed by atoms with van der Waals surface area (Å²) in [5.41, 5.74) is -0.00116. The van der Waals surface area contributed by atoms with Crippen LogP contribution < -0.4 is 0 Å². The van der Waals surface area contributed by atoms with E-state index >= 15 is 0 Å². The fourth-order valence-electron chi connectivity index (χ4n) is 0.423. The molecule has 0 aliphatic rings. The van der Waals surface area contributed by atoms with Gasteiger partial charge >= 0.3 is 0 Å². The van der Waals surface area contributed by atoms with Crippen molar-refractivity contribution in [3.63, 3.8) is 0 Å². The average Bonchev–Trinajstić information content (AvgIpc) is 1.63. The summed E-state index contributed by atoms with van der Waals surface area (Å²) >= 11 is 8.47. The third kappa shape index (κ3) is 4.91. The minimum Gasteiger partial charge on any atom is -0.281 e. The van der Waals surface area contributed by atoms with Crippen molar-refractivity contribution in [1.82, 2.24) is 0 Å². The number of carbonyl (C=O) groups is 1. The van der Waals surface area contributed by atoms with Gasteiger partial charge in [-0.15, -0.1) is 0 Å². The minimum absolute atomic E-state index is 0.00116. The van der Waals surface area contributed by atoms with Crippen LogP contribution in [0.25, 0.3) is 0 Å². The molecule has 0 aromatic carbocycles. The maximum Gasteiger partial charge on any atom is 0.222 e. The van der Waals surface area contributed by atoms with Crippen LogP contribution in [0.5, 0.6) is 0 Å². The quantitative estimate of drug-likeness (QED) is 0.520. The highest BCUT2D eigenvalue weighted by Crippen LogP contribution is 2.23. The van der Waals surface area contributed by atoms with Crippen molar-refractivity contribution in [2.24, 2.45) is 5.41 Å². The Kier molecular flexibility index (Phi) is 3.74. The third-order valence-electron chi connectivity index (χ3n) is 0.979. The van der Waals surface area contributed by atoms with Crippen LogP contribution in [0.15, 0.2) is 0 Å². The minimum atomic E-state index is -0.264. The fourth-order valence-corrected chi connectivity index (χ4v) is 0.983. The fraction of sp³-hybridized carbons (Fsp3) is 0.833. The SMILES string of the molecule is CC(C)(CBr)CC(=O)Cl. The molecule has 0 fully saturated rings. The summed E-state index contributed by atoms with van der Waals surface area (Å²) in [5, 5.41) is 0.540. The van der Waals surface area contributed by atoms with Gasteiger partial charge in [0.2, 0.25) is 5.24 Å². The summed E-state index contributed by atoms with van der Waals surface area (Å²) in [6.45, 7) is 3.98. The Balaban J connectivity index is 3.71. The zero-order valence-electron chi connectivity index (χ0n) is 5.58. The van der Waals surface area contributed by atoms with Crippen molar-refractivity contribution in [3.8, 4) is 0 Å². The van der Waals surface area contributed by atoms with Gasteiger partial charge in [0.15, 0.2) is 0 Å². The highest BCUT2D eigenvalue weighted by atomic mass is 79.9. The molecule has 0 aromatic rings. The van der Waals surface area contributed by atoms with Crippen LogP contribution in [-0.4, -0.2) is 10.6 Å². The molecule has 0 rings (SSSR count). The molecular weight excluding hydrogens is 203 g/mol. The molecule has 0 spiro atoms. The maximum absolute atomic E-state index is 10.4. The van der Waals surface area contributed by atoms with E-state index in [-0.39, 0.29) is 10.7 Å². The number of halogens is 2. The topological polar surface area (TPSA) is 17.1 Å². The first kappa shape index (κ1) is 9.44. The van der Waals surface area contributed by atoms with E-state index in [1.165, 1.54) is 0 Å². The van der Waals surface area contributed by atoms with Crippen molar-refractivity contribution >= 4 is 32.8 Å².